The molecule has 1 aromatic carbocycles. The highest BCUT2D eigenvalue weighted by atomic mass is 32.1. The van der Waals surface area contributed by atoms with Crippen LogP contribution in [0.4, 0.5) is 0 Å². The van der Waals surface area contributed by atoms with Gasteiger partial charge in [0.1, 0.15) is 5.75 Å². The van der Waals surface area contributed by atoms with E-state index >= 15 is 0 Å². The molecule has 18 heavy (non-hydrogen) atoms. The molecule has 3 N–H and O–H groups in total. The monoisotopic (exact) mass is 263 g/mol. The van der Waals surface area contributed by atoms with Crippen LogP contribution >= 0.6 is 11.3 Å². The molecule has 2 rings (SSSR count). The number of benzene rings is 1. The van der Waals surface area contributed by atoms with E-state index in [0.29, 0.717) is 6.54 Å². The van der Waals surface area contributed by atoms with Gasteiger partial charge in [-0.2, -0.15) is 0 Å². The fourth-order valence-corrected chi connectivity index (χ4v) is 2.62. The summed E-state index contributed by atoms with van der Waals surface area (Å²) < 4.78 is 0. The van der Waals surface area contributed by atoms with E-state index in [1.807, 2.05) is 0 Å². The van der Waals surface area contributed by atoms with Gasteiger partial charge in [0.2, 0.25) is 0 Å². The number of aliphatic hydroxyl groups excluding tert-OH is 1. The van der Waals surface area contributed by atoms with E-state index in [9.17, 15) is 10.2 Å². The summed E-state index contributed by atoms with van der Waals surface area (Å²) >= 11 is 1.75. The lowest BCUT2D eigenvalue weighted by atomic mass is 10.1. The Morgan fingerprint density at radius 3 is 2.78 bits per heavy atom. The molecule has 0 bridgehead atoms. The lowest BCUT2D eigenvalue weighted by Crippen LogP contribution is -2.20. The summed E-state index contributed by atoms with van der Waals surface area (Å²) in [5.41, 5.74) is 0.727. The molecule has 96 valence electrons. The number of phenolic OH excluding ortho intramolecular Hbond substituents is 1. The third-order valence-corrected chi connectivity index (χ3v) is 3.69. The van der Waals surface area contributed by atoms with Gasteiger partial charge in [-0.25, -0.2) is 0 Å². The quantitative estimate of drug-likeness (QED) is 0.777. The number of phenols is 1. The Morgan fingerprint density at radius 2 is 2.11 bits per heavy atom. The van der Waals surface area contributed by atoms with Crippen molar-refractivity contribution in [3.63, 3.8) is 0 Å². The van der Waals surface area contributed by atoms with Crippen LogP contribution < -0.4 is 5.32 Å². The van der Waals surface area contributed by atoms with Gasteiger partial charge in [-0.15, -0.1) is 11.3 Å². The average molecular weight is 263 g/mol. The highest BCUT2D eigenvalue weighted by molar-refractivity contribution is 7.11. The second-order valence-corrected chi connectivity index (χ2v) is 5.63. The van der Waals surface area contributed by atoms with Crippen molar-refractivity contribution in [2.24, 2.45) is 0 Å². The van der Waals surface area contributed by atoms with Crippen molar-refractivity contribution in [1.29, 1.82) is 0 Å². The second kappa shape index (κ2) is 6.00. The molecule has 0 fully saturated rings. The Kier molecular flexibility index (Phi) is 4.36. The fourth-order valence-electron chi connectivity index (χ4n) is 1.76. The normalized spacial score (nSPS) is 12.6. The van der Waals surface area contributed by atoms with Gasteiger partial charge in [-0.05, 0) is 36.8 Å². The zero-order valence-electron chi connectivity index (χ0n) is 10.3. The maximum atomic E-state index is 9.96. The van der Waals surface area contributed by atoms with Gasteiger partial charge in [0, 0.05) is 22.8 Å². The molecule has 0 saturated carbocycles. The second-order valence-electron chi connectivity index (χ2n) is 4.25. The molecule has 4 heteroatoms. The van der Waals surface area contributed by atoms with Gasteiger partial charge >= 0.3 is 0 Å². The highest BCUT2D eigenvalue weighted by Crippen LogP contribution is 2.18. The van der Waals surface area contributed by atoms with Gasteiger partial charge in [-0.1, -0.05) is 12.1 Å². The number of thiophene rings is 1. The largest absolute Gasteiger partial charge is 0.508 e. The number of hydrogen-bond donors (Lipinski definition) is 3. The van der Waals surface area contributed by atoms with E-state index in [0.717, 1.165) is 12.1 Å². The van der Waals surface area contributed by atoms with Crippen LogP contribution in [0.3, 0.4) is 0 Å². The van der Waals surface area contributed by atoms with Gasteiger partial charge in [0.05, 0.1) is 6.10 Å². The van der Waals surface area contributed by atoms with E-state index in [1.54, 1.807) is 35.6 Å². The Hall–Kier alpha value is -1.36. The first-order chi connectivity index (χ1) is 8.65. The Labute approximate surface area is 111 Å². The number of aliphatic hydroxyl groups is 1. The van der Waals surface area contributed by atoms with Crippen LogP contribution in [0.25, 0.3) is 0 Å². The molecule has 0 saturated heterocycles. The minimum Gasteiger partial charge on any atom is -0.508 e. The van der Waals surface area contributed by atoms with Gasteiger partial charge < -0.3 is 15.5 Å². The minimum absolute atomic E-state index is 0.181. The molecular formula is C14H17NO2S. The lowest BCUT2D eigenvalue weighted by Gasteiger charge is -2.12. The van der Waals surface area contributed by atoms with Crippen LogP contribution in [0.5, 0.6) is 5.75 Å². The molecule has 0 radical (unpaired) electrons. The zero-order valence-corrected chi connectivity index (χ0v) is 11.1. The molecule has 2 aromatic rings. The summed E-state index contributed by atoms with van der Waals surface area (Å²) in [6.45, 7) is 3.31. The third-order valence-electron chi connectivity index (χ3n) is 2.69. The van der Waals surface area contributed by atoms with Crippen molar-refractivity contribution in [3.8, 4) is 5.75 Å². The molecule has 0 aliphatic carbocycles. The van der Waals surface area contributed by atoms with E-state index < -0.39 is 6.10 Å². The van der Waals surface area contributed by atoms with Crippen LogP contribution in [-0.4, -0.2) is 16.8 Å². The van der Waals surface area contributed by atoms with Crippen molar-refractivity contribution < 1.29 is 10.2 Å². The fraction of sp³-hybridized carbons (Fsp3) is 0.286. The molecule has 0 aliphatic rings. The number of aryl methyl sites for hydroxylation is 1. The lowest BCUT2D eigenvalue weighted by molar-refractivity contribution is 0.174. The van der Waals surface area contributed by atoms with Crippen LogP contribution in [0.1, 0.15) is 21.4 Å². The Morgan fingerprint density at radius 1 is 1.28 bits per heavy atom. The van der Waals surface area contributed by atoms with Crippen LogP contribution in [0, 0.1) is 6.92 Å². The number of nitrogens with one attached hydrogen (secondary N) is 1. The Bertz CT molecular complexity index is 510. The molecule has 1 heterocycles. The van der Waals surface area contributed by atoms with Crippen molar-refractivity contribution in [1.82, 2.24) is 5.32 Å². The molecule has 0 amide bonds. The number of aromatic hydroxyl groups is 1. The zero-order chi connectivity index (χ0) is 13.0. The first-order valence-corrected chi connectivity index (χ1v) is 6.70. The van der Waals surface area contributed by atoms with Crippen LogP contribution in [0.2, 0.25) is 0 Å². The highest BCUT2D eigenvalue weighted by Gasteiger charge is 2.07. The summed E-state index contributed by atoms with van der Waals surface area (Å²) in [5, 5.41) is 22.5. The standard InChI is InChI=1S/C14H17NO2S/c1-10-5-6-13(18-10)8-15-9-14(17)11-3-2-4-12(16)7-11/h2-7,14-17H,8-9H2,1H3/t14-/m0/s1. The van der Waals surface area contributed by atoms with Gasteiger partial charge in [0.25, 0.3) is 0 Å². The summed E-state index contributed by atoms with van der Waals surface area (Å²) in [5.74, 6) is 0.181. The predicted molar refractivity (Wildman–Crippen MR) is 73.8 cm³/mol. The van der Waals surface area contributed by atoms with E-state index in [2.05, 4.69) is 24.4 Å². The van der Waals surface area contributed by atoms with E-state index in [4.69, 9.17) is 0 Å². The molecule has 1 atom stereocenters. The summed E-state index contributed by atoms with van der Waals surface area (Å²) in [6.07, 6.45) is -0.599. The number of hydrogen-bond acceptors (Lipinski definition) is 4. The number of rotatable bonds is 5. The van der Waals surface area contributed by atoms with Crippen molar-refractivity contribution >= 4 is 11.3 Å². The van der Waals surface area contributed by atoms with Crippen molar-refractivity contribution in [2.45, 2.75) is 19.6 Å². The summed E-state index contributed by atoms with van der Waals surface area (Å²) in [4.78, 5) is 2.55. The van der Waals surface area contributed by atoms with Gasteiger partial charge in [0.15, 0.2) is 0 Å². The van der Waals surface area contributed by atoms with Crippen LogP contribution in [0.15, 0.2) is 36.4 Å². The van der Waals surface area contributed by atoms with Crippen molar-refractivity contribution in [3.05, 3.63) is 51.7 Å². The maximum absolute atomic E-state index is 9.96. The smallest absolute Gasteiger partial charge is 0.115 e. The predicted octanol–water partition coefficient (Wildman–Crippen LogP) is 2.59. The van der Waals surface area contributed by atoms with Gasteiger partial charge in [-0.3, -0.25) is 0 Å². The maximum Gasteiger partial charge on any atom is 0.115 e. The van der Waals surface area contributed by atoms with Crippen LogP contribution in [-0.2, 0) is 6.54 Å². The summed E-state index contributed by atoms with van der Waals surface area (Å²) in [7, 11) is 0. The topological polar surface area (TPSA) is 52.5 Å². The summed E-state index contributed by atoms with van der Waals surface area (Å²) in [6, 6.07) is 10.9. The molecule has 0 aliphatic heterocycles. The van der Waals surface area contributed by atoms with Crippen molar-refractivity contribution in [2.75, 3.05) is 6.54 Å². The van der Waals surface area contributed by atoms with E-state index in [-0.39, 0.29) is 5.75 Å². The molecular weight excluding hydrogens is 246 g/mol. The third kappa shape index (κ3) is 3.57. The molecule has 0 spiro atoms. The first-order valence-electron chi connectivity index (χ1n) is 5.88. The molecule has 0 unspecified atom stereocenters. The molecule has 3 nitrogen and oxygen atoms in total. The Balaban J connectivity index is 1.83. The SMILES string of the molecule is Cc1ccc(CNC[C@H](O)c2cccc(O)c2)s1. The minimum atomic E-state index is -0.599. The average Bonchev–Trinajstić information content (AvgIpc) is 2.75. The first kappa shape index (κ1) is 13.1. The van der Waals surface area contributed by atoms with E-state index in [1.165, 1.54) is 9.75 Å². The molecule has 1 aromatic heterocycles.